The van der Waals surface area contributed by atoms with E-state index in [9.17, 15) is 22.8 Å². The summed E-state index contributed by atoms with van der Waals surface area (Å²) >= 11 is -0.251. The van der Waals surface area contributed by atoms with E-state index in [1.54, 1.807) is 6.07 Å². The number of nitrogens with one attached hydrogen (secondary N) is 1. The average molecular weight is 440 g/mol. The van der Waals surface area contributed by atoms with Gasteiger partial charge in [-0.1, -0.05) is 12.1 Å². The first kappa shape index (κ1) is 23.8. The molecule has 0 atom stereocenters. The molecule has 0 aromatic heterocycles. The van der Waals surface area contributed by atoms with Crippen molar-refractivity contribution in [1.82, 2.24) is 4.90 Å². The number of thioether (sulfide) groups is 1. The normalized spacial score (nSPS) is 11.3. The topological polar surface area (TPSA) is 58.6 Å². The van der Waals surface area contributed by atoms with E-state index in [1.807, 2.05) is 26.0 Å². The van der Waals surface area contributed by atoms with Crippen molar-refractivity contribution in [2.24, 2.45) is 0 Å². The lowest BCUT2D eigenvalue weighted by Crippen LogP contribution is -2.40. The summed E-state index contributed by atoms with van der Waals surface area (Å²) in [5.41, 5.74) is -1.60. The molecule has 0 saturated heterocycles. The van der Waals surface area contributed by atoms with E-state index in [4.69, 9.17) is 4.74 Å². The summed E-state index contributed by atoms with van der Waals surface area (Å²) in [5.74, 6) is -0.843. The van der Waals surface area contributed by atoms with Gasteiger partial charge in [-0.05, 0) is 67.1 Å². The number of benzene rings is 2. The Morgan fingerprint density at radius 3 is 2.37 bits per heavy atom. The second kappa shape index (κ2) is 10.5. The third-order valence-electron chi connectivity index (χ3n) is 4.40. The molecule has 0 saturated carbocycles. The fraction of sp³-hybridized carbons (Fsp3) is 0.333. The minimum Gasteiger partial charge on any atom is -0.383 e. The van der Waals surface area contributed by atoms with E-state index < -0.39 is 11.4 Å². The third kappa shape index (κ3) is 7.07. The highest BCUT2D eigenvalue weighted by Gasteiger charge is 2.29. The molecule has 2 aromatic rings. The summed E-state index contributed by atoms with van der Waals surface area (Å²) in [6, 6.07) is 10.6. The van der Waals surface area contributed by atoms with Crippen molar-refractivity contribution in [3.63, 3.8) is 0 Å². The Morgan fingerprint density at radius 1 is 1.10 bits per heavy atom. The summed E-state index contributed by atoms with van der Waals surface area (Å²) in [6.45, 7) is 3.98. The van der Waals surface area contributed by atoms with Gasteiger partial charge in [-0.2, -0.15) is 13.2 Å². The largest absolute Gasteiger partial charge is 0.446 e. The van der Waals surface area contributed by atoms with Crippen LogP contribution in [0.5, 0.6) is 0 Å². The maximum absolute atomic E-state index is 12.8. The molecule has 0 unspecified atom stereocenters. The standard InChI is InChI=1S/C21H23F3N2O3S/c1-14-5-4-6-18(15(14)2)25-19(27)13-26(11-12-29-3)20(28)16-7-9-17(10-8-16)30-21(22,23)24/h4-10H,11-13H2,1-3H3,(H,25,27). The summed E-state index contributed by atoms with van der Waals surface area (Å²) in [5, 5.41) is 2.80. The fourth-order valence-corrected chi connectivity index (χ4v) is 3.22. The van der Waals surface area contributed by atoms with Gasteiger partial charge in [0.1, 0.15) is 6.54 Å². The Balaban J connectivity index is 2.11. The van der Waals surface area contributed by atoms with Crippen LogP contribution in [0.1, 0.15) is 21.5 Å². The summed E-state index contributed by atoms with van der Waals surface area (Å²) in [6.07, 6.45) is 0. The number of nitrogens with zero attached hydrogens (tertiary/aromatic N) is 1. The molecule has 0 heterocycles. The van der Waals surface area contributed by atoms with Gasteiger partial charge in [0, 0.05) is 29.8 Å². The molecule has 9 heteroatoms. The highest BCUT2D eigenvalue weighted by Crippen LogP contribution is 2.36. The molecule has 0 aliphatic rings. The molecule has 1 N–H and O–H groups in total. The van der Waals surface area contributed by atoms with Crippen molar-refractivity contribution in [3.05, 3.63) is 59.2 Å². The van der Waals surface area contributed by atoms with Gasteiger partial charge in [0.25, 0.3) is 5.91 Å². The van der Waals surface area contributed by atoms with Gasteiger partial charge in [-0.3, -0.25) is 9.59 Å². The lowest BCUT2D eigenvalue weighted by molar-refractivity contribution is -0.117. The van der Waals surface area contributed by atoms with E-state index in [0.29, 0.717) is 5.69 Å². The van der Waals surface area contributed by atoms with Crippen molar-refractivity contribution in [3.8, 4) is 0 Å². The van der Waals surface area contributed by atoms with Gasteiger partial charge in [-0.25, -0.2) is 0 Å². The Kier molecular flexibility index (Phi) is 8.31. The Bertz CT molecular complexity index is 886. The zero-order valence-corrected chi connectivity index (χ0v) is 17.7. The van der Waals surface area contributed by atoms with Crippen molar-refractivity contribution in [1.29, 1.82) is 0 Å². The number of halogens is 3. The summed E-state index contributed by atoms with van der Waals surface area (Å²) in [7, 11) is 1.47. The number of alkyl halides is 3. The number of amides is 2. The second-order valence-electron chi connectivity index (χ2n) is 6.59. The third-order valence-corrected chi connectivity index (χ3v) is 5.14. The molecule has 0 spiro atoms. The van der Waals surface area contributed by atoms with Gasteiger partial charge < -0.3 is 15.0 Å². The number of anilines is 1. The Morgan fingerprint density at radius 2 is 1.77 bits per heavy atom. The Labute approximate surface area is 177 Å². The van der Waals surface area contributed by atoms with Gasteiger partial charge in [0.15, 0.2) is 0 Å². The molecule has 0 aliphatic carbocycles. The molecule has 0 aliphatic heterocycles. The van der Waals surface area contributed by atoms with Crippen molar-refractivity contribution in [2.75, 3.05) is 32.1 Å². The minimum absolute atomic E-state index is 0.0184. The first-order valence-electron chi connectivity index (χ1n) is 9.11. The maximum atomic E-state index is 12.8. The van der Waals surface area contributed by atoms with Crippen LogP contribution in [-0.4, -0.2) is 49.0 Å². The van der Waals surface area contributed by atoms with Crippen LogP contribution in [0, 0.1) is 13.8 Å². The average Bonchev–Trinajstić information content (AvgIpc) is 2.67. The van der Waals surface area contributed by atoms with Crippen LogP contribution >= 0.6 is 11.8 Å². The zero-order valence-electron chi connectivity index (χ0n) is 16.9. The van der Waals surface area contributed by atoms with Crippen LogP contribution in [0.15, 0.2) is 47.4 Å². The molecule has 2 rings (SSSR count). The fourth-order valence-electron chi connectivity index (χ4n) is 2.69. The lowest BCUT2D eigenvalue weighted by atomic mass is 10.1. The number of carbonyl (C=O) groups is 2. The van der Waals surface area contributed by atoms with Gasteiger partial charge in [0.05, 0.1) is 6.61 Å². The van der Waals surface area contributed by atoms with Crippen molar-refractivity contribution >= 4 is 29.3 Å². The lowest BCUT2D eigenvalue weighted by Gasteiger charge is -2.22. The molecule has 0 fully saturated rings. The molecular formula is C21H23F3N2O3S. The van der Waals surface area contributed by atoms with Crippen LogP contribution in [-0.2, 0) is 9.53 Å². The van der Waals surface area contributed by atoms with Crippen molar-refractivity contribution in [2.45, 2.75) is 24.3 Å². The highest BCUT2D eigenvalue weighted by atomic mass is 32.2. The molecule has 0 bridgehead atoms. The number of hydrogen-bond donors (Lipinski definition) is 1. The van der Waals surface area contributed by atoms with Crippen molar-refractivity contribution < 1.29 is 27.5 Å². The number of rotatable bonds is 8. The zero-order chi connectivity index (χ0) is 22.3. The summed E-state index contributed by atoms with van der Waals surface area (Å²) in [4.78, 5) is 26.6. The van der Waals surface area contributed by atoms with Crippen LogP contribution in [0.4, 0.5) is 18.9 Å². The predicted molar refractivity (Wildman–Crippen MR) is 111 cm³/mol. The highest BCUT2D eigenvalue weighted by molar-refractivity contribution is 8.00. The predicted octanol–water partition coefficient (Wildman–Crippen LogP) is 4.64. The van der Waals surface area contributed by atoms with E-state index in [2.05, 4.69) is 5.32 Å². The molecule has 30 heavy (non-hydrogen) atoms. The molecule has 0 radical (unpaired) electrons. The molecule has 2 amide bonds. The number of methoxy groups -OCH3 is 1. The van der Waals surface area contributed by atoms with Gasteiger partial charge >= 0.3 is 5.51 Å². The molecule has 162 valence electrons. The van der Waals surface area contributed by atoms with Gasteiger partial charge in [-0.15, -0.1) is 0 Å². The number of carbonyl (C=O) groups excluding carboxylic acids is 2. The summed E-state index contributed by atoms with van der Waals surface area (Å²) < 4.78 is 42.4. The quantitative estimate of drug-likeness (QED) is 0.608. The van der Waals surface area contributed by atoms with Crippen LogP contribution in [0.2, 0.25) is 0 Å². The minimum atomic E-state index is -4.40. The number of ether oxygens (including phenoxy) is 1. The smallest absolute Gasteiger partial charge is 0.383 e. The number of hydrogen-bond acceptors (Lipinski definition) is 4. The molecule has 2 aromatic carbocycles. The molecule has 5 nitrogen and oxygen atoms in total. The first-order valence-corrected chi connectivity index (χ1v) is 9.92. The molecular weight excluding hydrogens is 417 g/mol. The van der Waals surface area contributed by atoms with E-state index in [0.717, 1.165) is 11.1 Å². The monoisotopic (exact) mass is 440 g/mol. The SMILES string of the molecule is COCCN(CC(=O)Nc1cccc(C)c1C)C(=O)c1ccc(SC(F)(F)F)cc1. The first-order chi connectivity index (χ1) is 14.1. The second-order valence-corrected chi connectivity index (χ2v) is 7.73. The van der Waals surface area contributed by atoms with Gasteiger partial charge in [0.2, 0.25) is 5.91 Å². The van der Waals surface area contributed by atoms with Crippen LogP contribution in [0.25, 0.3) is 0 Å². The van der Waals surface area contributed by atoms with E-state index >= 15 is 0 Å². The van der Waals surface area contributed by atoms with Crippen LogP contribution < -0.4 is 5.32 Å². The van der Waals surface area contributed by atoms with Crippen LogP contribution in [0.3, 0.4) is 0 Å². The maximum Gasteiger partial charge on any atom is 0.446 e. The Hall–Kier alpha value is -2.52. The van der Waals surface area contributed by atoms with E-state index in [-0.39, 0.29) is 47.8 Å². The van der Waals surface area contributed by atoms with E-state index in [1.165, 1.54) is 36.3 Å². The number of aryl methyl sites for hydroxylation is 1.